The van der Waals surface area contributed by atoms with E-state index in [9.17, 15) is 4.79 Å². The first kappa shape index (κ1) is 12.4. The fourth-order valence-corrected chi connectivity index (χ4v) is 3.02. The maximum absolute atomic E-state index is 10.9. The van der Waals surface area contributed by atoms with Gasteiger partial charge >= 0.3 is 5.97 Å². The van der Waals surface area contributed by atoms with Crippen LogP contribution in [0.5, 0.6) is 0 Å². The normalized spacial score (nSPS) is 26.8. The molecular formula is C14H18N2O3. The summed E-state index contributed by atoms with van der Waals surface area (Å²) < 4.78 is 5.45. The number of aromatic carboxylic acids is 1. The van der Waals surface area contributed by atoms with E-state index in [1.165, 1.54) is 6.07 Å². The zero-order valence-corrected chi connectivity index (χ0v) is 10.8. The van der Waals surface area contributed by atoms with E-state index in [4.69, 9.17) is 9.84 Å². The number of hydrogen-bond acceptors (Lipinski definition) is 4. The van der Waals surface area contributed by atoms with Gasteiger partial charge < -0.3 is 14.7 Å². The van der Waals surface area contributed by atoms with E-state index in [2.05, 4.69) is 9.88 Å². The molecule has 5 heteroatoms. The van der Waals surface area contributed by atoms with Crippen LogP contribution in [0.2, 0.25) is 0 Å². The molecule has 2 aliphatic rings. The lowest BCUT2D eigenvalue weighted by atomic mass is 9.91. The minimum Gasteiger partial charge on any atom is -0.477 e. The number of pyridine rings is 1. The summed E-state index contributed by atoms with van der Waals surface area (Å²) in [5.74, 6) is 1.12. The lowest BCUT2D eigenvalue weighted by Gasteiger charge is -2.20. The molecule has 102 valence electrons. The van der Waals surface area contributed by atoms with Gasteiger partial charge in [-0.05, 0) is 36.8 Å². The number of carboxylic acids is 1. The van der Waals surface area contributed by atoms with Crippen molar-refractivity contribution in [2.75, 3.05) is 31.2 Å². The van der Waals surface area contributed by atoms with Crippen molar-refractivity contribution in [2.24, 2.45) is 11.8 Å². The first-order valence-electron chi connectivity index (χ1n) is 6.77. The predicted octanol–water partition coefficient (Wildman–Crippen LogP) is 1.64. The van der Waals surface area contributed by atoms with Crippen molar-refractivity contribution in [3.05, 3.63) is 23.9 Å². The van der Waals surface area contributed by atoms with Crippen LogP contribution in [0.25, 0.3) is 0 Å². The van der Waals surface area contributed by atoms with Crippen LogP contribution in [-0.4, -0.2) is 42.4 Å². The molecule has 0 aromatic carbocycles. The minimum atomic E-state index is -0.971. The Balaban J connectivity index is 1.70. The fraction of sp³-hybridized carbons (Fsp3) is 0.571. The molecule has 3 heterocycles. The quantitative estimate of drug-likeness (QED) is 0.897. The largest absolute Gasteiger partial charge is 0.477 e. The van der Waals surface area contributed by atoms with Gasteiger partial charge in [-0.1, -0.05) is 6.07 Å². The number of carboxylic acid groups (broad SMARTS) is 1. The van der Waals surface area contributed by atoms with E-state index in [0.717, 1.165) is 45.0 Å². The van der Waals surface area contributed by atoms with Crippen molar-refractivity contribution in [3.8, 4) is 0 Å². The number of rotatable bonds is 3. The van der Waals surface area contributed by atoms with E-state index in [1.54, 1.807) is 6.07 Å². The van der Waals surface area contributed by atoms with Gasteiger partial charge in [0.25, 0.3) is 0 Å². The number of nitrogens with zero attached hydrogens (tertiary/aromatic N) is 2. The van der Waals surface area contributed by atoms with E-state index < -0.39 is 5.97 Å². The Hall–Kier alpha value is -1.62. The smallest absolute Gasteiger partial charge is 0.354 e. The SMILES string of the molecule is O=C(O)c1cccc(N2CCC(C3CCOC3)C2)n1. The van der Waals surface area contributed by atoms with Crippen LogP contribution in [-0.2, 0) is 4.74 Å². The average Bonchev–Trinajstić information content (AvgIpc) is 3.09. The molecule has 5 nitrogen and oxygen atoms in total. The van der Waals surface area contributed by atoms with E-state index in [-0.39, 0.29) is 5.69 Å². The molecule has 2 saturated heterocycles. The van der Waals surface area contributed by atoms with Crippen molar-refractivity contribution in [3.63, 3.8) is 0 Å². The zero-order chi connectivity index (χ0) is 13.2. The number of carbonyl (C=O) groups is 1. The molecule has 0 spiro atoms. The Morgan fingerprint density at radius 2 is 2.26 bits per heavy atom. The van der Waals surface area contributed by atoms with E-state index in [0.29, 0.717) is 11.8 Å². The summed E-state index contributed by atoms with van der Waals surface area (Å²) in [5, 5.41) is 8.98. The third-order valence-electron chi connectivity index (χ3n) is 4.13. The lowest BCUT2D eigenvalue weighted by Crippen LogP contribution is -2.24. The maximum atomic E-state index is 10.9. The zero-order valence-electron chi connectivity index (χ0n) is 10.8. The molecule has 2 unspecified atom stereocenters. The van der Waals surface area contributed by atoms with Crippen LogP contribution in [0, 0.1) is 11.8 Å². The number of hydrogen-bond donors (Lipinski definition) is 1. The van der Waals surface area contributed by atoms with Crippen LogP contribution < -0.4 is 4.90 Å². The molecule has 3 rings (SSSR count). The van der Waals surface area contributed by atoms with E-state index >= 15 is 0 Å². The van der Waals surface area contributed by atoms with Gasteiger partial charge in [-0.3, -0.25) is 0 Å². The van der Waals surface area contributed by atoms with Gasteiger partial charge in [-0.25, -0.2) is 9.78 Å². The van der Waals surface area contributed by atoms with Crippen LogP contribution >= 0.6 is 0 Å². The maximum Gasteiger partial charge on any atom is 0.354 e. The van der Waals surface area contributed by atoms with Crippen LogP contribution in [0.4, 0.5) is 5.82 Å². The van der Waals surface area contributed by atoms with Gasteiger partial charge in [-0.15, -0.1) is 0 Å². The Labute approximate surface area is 112 Å². The third kappa shape index (κ3) is 2.56. The lowest BCUT2D eigenvalue weighted by molar-refractivity contribution is 0.0690. The average molecular weight is 262 g/mol. The third-order valence-corrected chi connectivity index (χ3v) is 4.13. The number of anilines is 1. The highest BCUT2D eigenvalue weighted by molar-refractivity contribution is 5.85. The summed E-state index contributed by atoms with van der Waals surface area (Å²) in [6, 6.07) is 5.18. The van der Waals surface area contributed by atoms with Gasteiger partial charge in [0.1, 0.15) is 5.82 Å². The molecule has 1 aromatic heterocycles. The molecule has 2 atom stereocenters. The number of aromatic nitrogens is 1. The Morgan fingerprint density at radius 3 is 3.00 bits per heavy atom. The van der Waals surface area contributed by atoms with Crippen molar-refractivity contribution >= 4 is 11.8 Å². The van der Waals surface area contributed by atoms with Crippen LogP contribution in [0.3, 0.4) is 0 Å². The van der Waals surface area contributed by atoms with Crippen LogP contribution in [0.1, 0.15) is 23.3 Å². The molecular weight excluding hydrogens is 244 g/mol. The van der Waals surface area contributed by atoms with Crippen molar-refractivity contribution in [2.45, 2.75) is 12.8 Å². The second-order valence-corrected chi connectivity index (χ2v) is 5.30. The second kappa shape index (κ2) is 5.17. The van der Waals surface area contributed by atoms with Gasteiger partial charge in [-0.2, -0.15) is 0 Å². The summed E-state index contributed by atoms with van der Waals surface area (Å²) in [5.41, 5.74) is 0.116. The number of ether oxygens (including phenoxy) is 1. The van der Waals surface area contributed by atoms with Crippen molar-refractivity contribution in [1.82, 2.24) is 4.98 Å². The molecule has 2 fully saturated rings. The monoisotopic (exact) mass is 262 g/mol. The fourth-order valence-electron chi connectivity index (χ4n) is 3.02. The van der Waals surface area contributed by atoms with Gasteiger partial charge in [0.2, 0.25) is 0 Å². The summed E-state index contributed by atoms with van der Waals surface area (Å²) in [7, 11) is 0. The summed E-state index contributed by atoms with van der Waals surface area (Å²) in [6.07, 6.45) is 2.30. The first-order chi connectivity index (χ1) is 9.24. The first-order valence-corrected chi connectivity index (χ1v) is 6.77. The molecule has 19 heavy (non-hydrogen) atoms. The topological polar surface area (TPSA) is 62.7 Å². The molecule has 1 aromatic rings. The Bertz CT molecular complexity index is 472. The summed E-state index contributed by atoms with van der Waals surface area (Å²) >= 11 is 0. The minimum absolute atomic E-state index is 0.116. The standard InChI is InChI=1S/C14H18N2O3/c17-14(18)12-2-1-3-13(15-12)16-6-4-10(8-16)11-5-7-19-9-11/h1-3,10-11H,4-9H2,(H,17,18). The van der Waals surface area contributed by atoms with Crippen molar-refractivity contribution < 1.29 is 14.6 Å². The molecule has 0 saturated carbocycles. The molecule has 0 bridgehead atoms. The predicted molar refractivity (Wildman–Crippen MR) is 70.4 cm³/mol. The van der Waals surface area contributed by atoms with E-state index in [1.807, 2.05) is 6.07 Å². The molecule has 2 aliphatic heterocycles. The van der Waals surface area contributed by atoms with Crippen LogP contribution in [0.15, 0.2) is 18.2 Å². The van der Waals surface area contributed by atoms with Crippen molar-refractivity contribution in [1.29, 1.82) is 0 Å². The highest BCUT2D eigenvalue weighted by Gasteiger charge is 2.32. The highest BCUT2D eigenvalue weighted by Crippen LogP contribution is 2.31. The van der Waals surface area contributed by atoms with Gasteiger partial charge in [0.05, 0.1) is 0 Å². The summed E-state index contributed by atoms with van der Waals surface area (Å²) in [4.78, 5) is 17.3. The molecule has 0 radical (unpaired) electrons. The van der Waals surface area contributed by atoms with Gasteiger partial charge in [0.15, 0.2) is 5.69 Å². The highest BCUT2D eigenvalue weighted by atomic mass is 16.5. The second-order valence-electron chi connectivity index (χ2n) is 5.30. The summed E-state index contributed by atoms with van der Waals surface area (Å²) in [6.45, 7) is 3.68. The van der Waals surface area contributed by atoms with Gasteiger partial charge in [0, 0.05) is 26.3 Å². The Kier molecular flexibility index (Phi) is 3.38. The molecule has 0 amide bonds. The Morgan fingerprint density at radius 1 is 1.37 bits per heavy atom. The molecule has 1 N–H and O–H groups in total. The molecule has 0 aliphatic carbocycles.